The largest absolute Gasteiger partial charge is 0.484 e. The molecule has 1 aromatic carbocycles. The number of hydrogen-bond acceptors (Lipinski definition) is 5. The van der Waals surface area contributed by atoms with Crippen LogP contribution >= 0.6 is 0 Å². The van der Waals surface area contributed by atoms with Gasteiger partial charge in [0, 0.05) is 32.0 Å². The fourth-order valence-electron chi connectivity index (χ4n) is 2.31. The molecule has 0 saturated heterocycles. The molecule has 7 heteroatoms. The summed E-state index contributed by atoms with van der Waals surface area (Å²) in [5.74, 6) is 0.150. The zero-order valence-corrected chi connectivity index (χ0v) is 14.3. The third-order valence-corrected chi connectivity index (χ3v) is 3.68. The maximum Gasteiger partial charge on any atom is 0.307 e. The molecule has 1 heterocycles. The van der Waals surface area contributed by atoms with E-state index in [0.29, 0.717) is 18.8 Å². The van der Waals surface area contributed by atoms with Crippen LogP contribution in [0.2, 0.25) is 0 Å². The van der Waals surface area contributed by atoms with Gasteiger partial charge in [0.2, 0.25) is 0 Å². The third kappa shape index (κ3) is 6.66. The lowest BCUT2D eigenvalue weighted by Crippen LogP contribution is -2.37. The Morgan fingerprint density at radius 2 is 2.00 bits per heavy atom. The molecule has 0 atom stereocenters. The molecule has 2 aromatic rings. The van der Waals surface area contributed by atoms with Crippen LogP contribution in [0.25, 0.3) is 0 Å². The van der Waals surface area contributed by atoms with Crippen molar-refractivity contribution in [3.63, 3.8) is 0 Å². The highest BCUT2D eigenvalue weighted by molar-refractivity contribution is 5.78. The maximum atomic E-state index is 12.4. The quantitative estimate of drug-likeness (QED) is 0.613. The summed E-state index contributed by atoms with van der Waals surface area (Å²) in [4.78, 5) is 29.4. The lowest BCUT2D eigenvalue weighted by molar-refractivity contribution is -0.142. The van der Waals surface area contributed by atoms with Gasteiger partial charge in [-0.2, -0.15) is 0 Å². The Balaban J connectivity index is 1.84. The summed E-state index contributed by atoms with van der Waals surface area (Å²) in [7, 11) is 1.34. The Hall–Kier alpha value is -2.83. The van der Waals surface area contributed by atoms with Crippen LogP contribution in [0.4, 0.5) is 0 Å². The summed E-state index contributed by atoms with van der Waals surface area (Å²) in [6, 6.07) is 9.17. The average Bonchev–Trinajstić information content (AvgIpc) is 3.16. The molecule has 2 rings (SSSR count). The van der Waals surface area contributed by atoms with Crippen molar-refractivity contribution in [1.82, 2.24) is 14.5 Å². The number of esters is 1. The number of aryl methyl sites for hydroxylation is 1. The molecular formula is C18H23N3O4. The van der Waals surface area contributed by atoms with Crippen LogP contribution < -0.4 is 4.74 Å². The standard InChI is InChI=1S/C18H23N3O4/c1-24-18(23)8-12-21(11-5-10-20-13-9-19-15-20)17(22)14-25-16-6-3-2-4-7-16/h2-4,6-7,9,13,15H,5,8,10-12,14H2,1H3. The van der Waals surface area contributed by atoms with Gasteiger partial charge in [-0.1, -0.05) is 18.2 Å². The Kier molecular flexibility index (Phi) is 7.49. The average molecular weight is 345 g/mol. The summed E-state index contributed by atoms with van der Waals surface area (Å²) >= 11 is 0. The van der Waals surface area contributed by atoms with Crippen molar-refractivity contribution < 1.29 is 19.1 Å². The van der Waals surface area contributed by atoms with Gasteiger partial charge in [-0.25, -0.2) is 4.98 Å². The molecule has 0 fully saturated rings. The Morgan fingerprint density at radius 3 is 2.68 bits per heavy atom. The van der Waals surface area contributed by atoms with Crippen molar-refractivity contribution >= 4 is 11.9 Å². The third-order valence-electron chi connectivity index (χ3n) is 3.68. The molecule has 7 nitrogen and oxygen atoms in total. The number of carbonyl (C=O) groups is 2. The highest BCUT2D eigenvalue weighted by Gasteiger charge is 2.16. The van der Waals surface area contributed by atoms with Gasteiger partial charge in [-0.15, -0.1) is 0 Å². The monoisotopic (exact) mass is 345 g/mol. The van der Waals surface area contributed by atoms with Crippen LogP contribution in [0.1, 0.15) is 12.8 Å². The van der Waals surface area contributed by atoms with E-state index < -0.39 is 0 Å². The minimum atomic E-state index is -0.337. The first kappa shape index (κ1) is 18.5. The van der Waals surface area contributed by atoms with Crippen LogP contribution in [0, 0.1) is 0 Å². The first-order valence-electron chi connectivity index (χ1n) is 8.17. The van der Waals surface area contributed by atoms with Gasteiger partial charge >= 0.3 is 5.97 Å². The molecule has 25 heavy (non-hydrogen) atoms. The van der Waals surface area contributed by atoms with Crippen molar-refractivity contribution in [1.29, 1.82) is 0 Å². The predicted octanol–water partition coefficient (Wildman–Crippen LogP) is 1.74. The number of rotatable bonds is 10. The second-order valence-corrected chi connectivity index (χ2v) is 5.46. The molecule has 1 amide bonds. The Labute approximate surface area is 147 Å². The number of nitrogens with zero attached hydrogens (tertiary/aromatic N) is 3. The summed E-state index contributed by atoms with van der Waals surface area (Å²) in [6.45, 7) is 1.54. The number of hydrogen-bond donors (Lipinski definition) is 0. The fourth-order valence-corrected chi connectivity index (χ4v) is 2.31. The smallest absolute Gasteiger partial charge is 0.307 e. The highest BCUT2D eigenvalue weighted by atomic mass is 16.5. The Morgan fingerprint density at radius 1 is 1.20 bits per heavy atom. The number of methoxy groups -OCH3 is 1. The van der Waals surface area contributed by atoms with E-state index in [1.807, 2.05) is 29.0 Å². The summed E-state index contributed by atoms with van der Waals surface area (Å²) in [6.07, 6.45) is 6.25. The summed E-state index contributed by atoms with van der Waals surface area (Å²) in [5.41, 5.74) is 0. The normalized spacial score (nSPS) is 10.3. The molecule has 1 aromatic heterocycles. The molecule has 0 spiro atoms. The lowest BCUT2D eigenvalue weighted by Gasteiger charge is -2.22. The topological polar surface area (TPSA) is 73.7 Å². The lowest BCUT2D eigenvalue weighted by atomic mass is 10.3. The molecule has 0 saturated carbocycles. The van der Waals surface area contributed by atoms with E-state index in [-0.39, 0.29) is 24.9 Å². The molecule has 0 N–H and O–H groups in total. The SMILES string of the molecule is COC(=O)CCN(CCCn1ccnc1)C(=O)COc1ccccc1. The van der Waals surface area contributed by atoms with E-state index >= 15 is 0 Å². The zero-order chi connectivity index (χ0) is 17.9. The van der Waals surface area contributed by atoms with Gasteiger partial charge in [-0.3, -0.25) is 9.59 Å². The van der Waals surface area contributed by atoms with E-state index in [4.69, 9.17) is 4.74 Å². The van der Waals surface area contributed by atoms with Crippen LogP contribution in [0.15, 0.2) is 49.1 Å². The number of ether oxygens (including phenoxy) is 2. The first-order valence-corrected chi connectivity index (χ1v) is 8.17. The Bertz CT molecular complexity index is 644. The van der Waals surface area contributed by atoms with Gasteiger partial charge in [0.25, 0.3) is 5.91 Å². The number of amides is 1. The predicted molar refractivity (Wildman–Crippen MR) is 92.0 cm³/mol. The van der Waals surface area contributed by atoms with Crippen LogP contribution in [-0.2, 0) is 20.9 Å². The van der Waals surface area contributed by atoms with Crippen molar-refractivity contribution in [2.45, 2.75) is 19.4 Å². The number of para-hydroxylation sites is 1. The van der Waals surface area contributed by atoms with Gasteiger partial charge in [0.05, 0.1) is 19.9 Å². The second-order valence-electron chi connectivity index (χ2n) is 5.46. The van der Waals surface area contributed by atoms with Crippen molar-refractivity contribution in [2.75, 3.05) is 26.8 Å². The van der Waals surface area contributed by atoms with E-state index in [0.717, 1.165) is 13.0 Å². The number of carbonyl (C=O) groups excluding carboxylic acids is 2. The number of imidazole rings is 1. The molecule has 0 radical (unpaired) electrons. The highest BCUT2D eigenvalue weighted by Crippen LogP contribution is 2.09. The number of benzene rings is 1. The van der Waals surface area contributed by atoms with E-state index in [9.17, 15) is 9.59 Å². The van der Waals surface area contributed by atoms with Gasteiger partial charge in [-0.05, 0) is 18.6 Å². The van der Waals surface area contributed by atoms with Gasteiger partial charge < -0.3 is 18.9 Å². The molecule has 0 aliphatic heterocycles. The van der Waals surface area contributed by atoms with E-state index in [1.54, 1.807) is 29.6 Å². The van der Waals surface area contributed by atoms with E-state index in [1.165, 1.54) is 7.11 Å². The first-order chi connectivity index (χ1) is 12.2. The molecule has 134 valence electrons. The summed E-state index contributed by atoms with van der Waals surface area (Å²) < 4.78 is 12.1. The van der Waals surface area contributed by atoms with Crippen molar-refractivity contribution in [2.24, 2.45) is 0 Å². The second kappa shape index (κ2) is 10.1. The minimum Gasteiger partial charge on any atom is -0.484 e. The molecule has 0 bridgehead atoms. The molecule has 0 unspecified atom stereocenters. The molecular weight excluding hydrogens is 322 g/mol. The minimum absolute atomic E-state index is 0.0593. The van der Waals surface area contributed by atoms with Crippen LogP contribution in [-0.4, -0.2) is 53.1 Å². The van der Waals surface area contributed by atoms with E-state index in [2.05, 4.69) is 9.72 Å². The maximum absolute atomic E-state index is 12.4. The van der Waals surface area contributed by atoms with Gasteiger partial charge in [0.1, 0.15) is 5.75 Å². The zero-order valence-electron chi connectivity index (χ0n) is 14.3. The van der Waals surface area contributed by atoms with Crippen LogP contribution in [0.5, 0.6) is 5.75 Å². The van der Waals surface area contributed by atoms with Gasteiger partial charge in [0.15, 0.2) is 6.61 Å². The molecule has 0 aliphatic rings. The van der Waals surface area contributed by atoms with Crippen molar-refractivity contribution in [3.8, 4) is 5.75 Å². The van der Waals surface area contributed by atoms with Crippen LogP contribution in [0.3, 0.4) is 0 Å². The summed E-state index contributed by atoms with van der Waals surface area (Å²) in [5, 5.41) is 0. The fraction of sp³-hybridized carbons (Fsp3) is 0.389. The number of aromatic nitrogens is 2. The molecule has 0 aliphatic carbocycles. The van der Waals surface area contributed by atoms with Crippen molar-refractivity contribution in [3.05, 3.63) is 49.1 Å².